The molecule has 0 aromatic heterocycles. The Morgan fingerprint density at radius 3 is 2.18 bits per heavy atom. The molecule has 0 atom stereocenters. The number of carbonyl (C=O) groups is 1. The Labute approximate surface area is 124 Å². The molecule has 0 radical (unpaired) electrons. The van der Waals surface area contributed by atoms with Crippen molar-refractivity contribution in [3.05, 3.63) is 70.8 Å². The molecular weight excluding hydrogens is 298 g/mol. The van der Waals surface area contributed by atoms with E-state index >= 15 is 0 Å². The maximum Gasteiger partial charge on any atom is 0.255 e. The van der Waals surface area contributed by atoms with Crippen LogP contribution in [0, 0.1) is 23.3 Å². The molecule has 2 aromatic carbocycles. The van der Waals surface area contributed by atoms with Crippen LogP contribution in [0.15, 0.2) is 36.4 Å². The summed E-state index contributed by atoms with van der Waals surface area (Å²) in [4.78, 5) is 12.1. The number of amides is 1. The van der Waals surface area contributed by atoms with Gasteiger partial charge in [0.05, 0.1) is 11.1 Å². The van der Waals surface area contributed by atoms with Crippen molar-refractivity contribution in [1.29, 1.82) is 0 Å². The van der Waals surface area contributed by atoms with Crippen molar-refractivity contribution in [2.24, 2.45) is 0 Å². The molecule has 0 aliphatic rings. The molecule has 0 spiro atoms. The summed E-state index contributed by atoms with van der Waals surface area (Å²) < 4.78 is 53.5. The lowest BCUT2D eigenvalue weighted by molar-refractivity contribution is 0.0905. The summed E-state index contributed by atoms with van der Waals surface area (Å²) in [5.41, 5.74) is -1.63. The third-order valence-electron chi connectivity index (χ3n) is 3.25. The zero-order chi connectivity index (χ0) is 16.5. The largest absolute Gasteiger partial charge is 0.343 e. The fraction of sp³-hybridized carbons (Fsp3) is 0.188. The summed E-state index contributed by atoms with van der Waals surface area (Å²) in [5.74, 6) is -6.20. The molecule has 0 bridgehead atoms. The van der Waals surface area contributed by atoms with Crippen molar-refractivity contribution in [1.82, 2.24) is 5.32 Å². The molecule has 2 nitrogen and oxygen atoms in total. The first kappa shape index (κ1) is 16.0. The molecule has 2 rings (SSSR count). The van der Waals surface area contributed by atoms with Crippen LogP contribution < -0.4 is 5.32 Å². The fourth-order valence-electron chi connectivity index (χ4n) is 2.09. The van der Waals surface area contributed by atoms with E-state index in [9.17, 15) is 22.4 Å². The van der Waals surface area contributed by atoms with Gasteiger partial charge in [0.2, 0.25) is 0 Å². The first-order chi connectivity index (χ1) is 10.2. The molecular formula is C16H13F4NO. The van der Waals surface area contributed by atoms with Gasteiger partial charge in [0.15, 0.2) is 17.5 Å². The lowest BCUT2D eigenvalue weighted by Crippen LogP contribution is -2.42. The number of carbonyl (C=O) groups excluding carboxylic acids is 1. The third kappa shape index (κ3) is 2.95. The summed E-state index contributed by atoms with van der Waals surface area (Å²) in [6.07, 6.45) is 0. The van der Waals surface area contributed by atoms with Gasteiger partial charge in [0.25, 0.3) is 5.91 Å². The standard InChI is InChI=1S/C16H13F4NO/c1-16(2,10-5-3-4-6-11(10)17)21-15(22)9-7-8-12(18)14(20)13(9)19/h3-8H,1-2H3,(H,21,22). The van der Waals surface area contributed by atoms with Gasteiger partial charge in [-0.15, -0.1) is 0 Å². The molecule has 116 valence electrons. The number of halogens is 4. The van der Waals surface area contributed by atoms with Crippen molar-refractivity contribution in [2.45, 2.75) is 19.4 Å². The Kier molecular flexibility index (Phi) is 4.21. The minimum Gasteiger partial charge on any atom is -0.343 e. The second-order valence-electron chi connectivity index (χ2n) is 5.28. The van der Waals surface area contributed by atoms with Crippen LogP contribution in [-0.2, 0) is 5.54 Å². The van der Waals surface area contributed by atoms with Crippen LogP contribution in [0.5, 0.6) is 0 Å². The van der Waals surface area contributed by atoms with Crippen molar-refractivity contribution in [2.75, 3.05) is 0 Å². The number of nitrogens with one attached hydrogen (secondary N) is 1. The van der Waals surface area contributed by atoms with Gasteiger partial charge in [-0.2, -0.15) is 0 Å². The van der Waals surface area contributed by atoms with E-state index in [0.29, 0.717) is 6.07 Å². The minimum absolute atomic E-state index is 0.186. The third-order valence-corrected chi connectivity index (χ3v) is 3.25. The smallest absolute Gasteiger partial charge is 0.255 e. The Hall–Kier alpha value is -2.37. The van der Waals surface area contributed by atoms with Crippen LogP contribution in [0.3, 0.4) is 0 Å². The highest BCUT2D eigenvalue weighted by Crippen LogP contribution is 2.24. The van der Waals surface area contributed by atoms with Crippen LogP contribution in [0.1, 0.15) is 29.8 Å². The average molecular weight is 311 g/mol. The lowest BCUT2D eigenvalue weighted by Gasteiger charge is -2.27. The highest BCUT2D eigenvalue weighted by Gasteiger charge is 2.28. The van der Waals surface area contributed by atoms with Crippen molar-refractivity contribution in [3.8, 4) is 0 Å². The van der Waals surface area contributed by atoms with E-state index < -0.39 is 40.3 Å². The average Bonchev–Trinajstić information content (AvgIpc) is 2.44. The van der Waals surface area contributed by atoms with Gasteiger partial charge < -0.3 is 5.32 Å². The zero-order valence-electron chi connectivity index (χ0n) is 11.9. The molecule has 0 unspecified atom stereocenters. The van der Waals surface area contributed by atoms with Gasteiger partial charge in [0, 0.05) is 5.56 Å². The molecule has 0 fully saturated rings. The van der Waals surface area contributed by atoms with Crippen LogP contribution in [0.25, 0.3) is 0 Å². The molecule has 0 heterocycles. The van der Waals surface area contributed by atoms with E-state index in [4.69, 9.17) is 0 Å². The summed E-state index contributed by atoms with van der Waals surface area (Å²) in [7, 11) is 0. The van der Waals surface area contributed by atoms with E-state index in [1.165, 1.54) is 32.0 Å². The van der Waals surface area contributed by atoms with Crippen molar-refractivity contribution in [3.63, 3.8) is 0 Å². The van der Waals surface area contributed by atoms with E-state index in [1.807, 2.05) is 0 Å². The summed E-state index contributed by atoms with van der Waals surface area (Å²) in [6, 6.07) is 7.26. The minimum atomic E-state index is -1.73. The highest BCUT2D eigenvalue weighted by molar-refractivity contribution is 5.95. The van der Waals surface area contributed by atoms with Crippen LogP contribution in [-0.4, -0.2) is 5.91 Å². The zero-order valence-corrected chi connectivity index (χ0v) is 11.9. The molecule has 22 heavy (non-hydrogen) atoms. The molecule has 6 heteroatoms. The predicted octanol–water partition coefficient (Wildman–Crippen LogP) is 3.91. The molecule has 2 aromatic rings. The normalized spacial score (nSPS) is 11.4. The molecule has 0 saturated carbocycles. The molecule has 0 saturated heterocycles. The summed E-state index contributed by atoms with van der Waals surface area (Å²) in [5, 5.41) is 2.41. The number of hydrogen-bond donors (Lipinski definition) is 1. The van der Waals surface area contributed by atoms with Crippen LogP contribution in [0.2, 0.25) is 0 Å². The Balaban J connectivity index is 2.33. The first-order valence-corrected chi connectivity index (χ1v) is 6.45. The predicted molar refractivity (Wildman–Crippen MR) is 73.2 cm³/mol. The summed E-state index contributed by atoms with van der Waals surface area (Å²) >= 11 is 0. The topological polar surface area (TPSA) is 29.1 Å². The summed E-state index contributed by atoms with van der Waals surface area (Å²) in [6.45, 7) is 3.03. The quantitative estimate of drug-likeness (QED) is 0.676. The molecule has 0 aliphatic carbocycles. The van der Waals surface area contributed by atoms with Gasteiger partial charge >= 0.3 is 0 Å². The van der Waals surface area contributed by atoms with Crippen LogP contribution in [0.4, 0.5) is 17.6 Å². The van der Waals surface area contributed by atoms with E-state index in [1.54, 1.807) is 6.07 Å². The van der Waals surface area contributed by atoms with Crippen molar-refractivity contribution >= 4 is 5.91 Å². The number of benzene rings is 2. The second kappa shape index (κ2) is 5.79. The highest BCUT2D eigenvalue weighted by atomic mass is 19.2. The van der Waals surface area contributed by atoms with Crippen LogP contribution >= 0.6 is 0 Å². The van der Waals surface area contributed by atoms with Gasteiger partial charge in [-0.05, 0) is 32.0 Å². The van der Waals surface area contributed by atoms with Gasteiger partial charge in [-0.3, -0.25) is 4.79 Å². The number of hydrogen-bond acceptors (Lipinski definition) is 1. The Morgan fingerprint density at radius 2 is 1.55 bits per heavy atom. The Bertz CT molecular complexity index is 728. The molecule has 1 N–H and O–H groups in total. The maximum absolute atomic E-state index is 13.8. The van der Waals surface area contributed by atoms with E-state index in [2.05, 4.69) is 5.32 Å². The Morgan fingerprint density at radius 1 is 0.909 bits per heavy atom. The lowest BCUT2D eigenvalue weighted by atomic mass is 9.93. The first-order valence-electron chi connectivity index (χ1n) is 6.45. The van der Waals surface area contributed by atoms with Gasteiger partial charge in [-0.25, -0.2) is 17.6 Å². The van der Waals surface area contributed by atoms with E-state index in [0.717, 1.165) is 6.07 Å². The molecule has 1 amide bonds. The SMILES string of the molecule is CC(C)(NC(=O)c1ccc(F)c(F)c1F)c1ccccc1F. The molecule has 0 aliphatic heterocycles. The fourth-order valence-corrected chi connectivity index (χ4v) is 2.09. The van der Waals surface area contributed by atoms with E-state index in [-0.39, 0.29) is 5.56 Å². The number of rotatable bonds is 3. The maximum atomic E-state index is 13.8. The van der Waals surface area contributed by atoms with Gasteiger partial charge in [0.1, 0.15) is 5.82 Å². The van der Waals surface area contributed by atoms with Crippen molar-refractivity contribution < 1.29 is 22.4 Å². The monoisotopic (exact) mass is 311 g/mol. The second-order valence-corrected chi connectivity index (χ2v) is 5.28. The van der Waals surface area contributed by atoms with Gasteiger partial charge in [-0.1, -0.05) is 18.2 Å².